The largest absolute Gasteiger partial charge is 0.496 e. The number of nitrogens with zero attached hydrogens (tertiary/aromatic N) is 2. The molecule has 1 atom stereocenters. The fourth-order valence-electron chi connectivity index (χ4n) is 5.24. The van der Waals surface area contributed by atoms with E-state index in [9.17, 15) is 9.59 Å². The number of amides is 2. The lowest BCUT2D eigenvalue weighted by Crippen LogP contribution is -2.47. The maximum atomic E-state index is 13.5. The summed E-state index contributed by atoms with van der Waals surface area (Å²) in [4.78, 5) is 32.8. The molecule has 2 aromatic rings. The third kappa shape index (κ3) is 4.49. The van der Waals surface area contributed by atoms with Gasteiger partial charge in [-0.1, -0.05) is 49.8 Å². The van der Waals surface area contributed by atoms with Gasteiger partial charge in [-0.15, -0.1) is 0 Å². The first-order valence-electron chi connectivity index (χ1n) is 11.8. The Morgan fingerprint density at radius 3 is 2.82 bits per heavy atom. The number of methoxy groups -OCH3 is 1. The molecule has 1 aromatic carbocycles. The molecular formula is C26H28ClN3O4. The van der Waals surface area contributed by atoms with Crippen LogP contribution in [0, 0.1) is 5.92 Å². The van der Waals surface area contributed by atoms with E-state index in [0.717, 1.165) is 29.7 Å². The number of aromatic nitrogens is 1. The molecule has 0 radical (unpaired) electrons. The molecule has 0 bridgehead atoms. The highest BCUT2D eigenvalue weighted by Gasteiger charge is 2.42. The zero-order chi connectivity index (χ0) is 23.7. The Morgan fingerprint density at radius 1 is 1.26 bits per heavy atom. The van der Waals surface area contributed by atoms with Crippen LogP contribution in [0.5, 0.6) is 11.5 Å². The first kappa shape index (κ1) is 22.7. The molecule has 178 valence electrons. The number of carbonyl (C=O) groups excluding carboxylic acids is 2. The molecule has 2 amide bonds. The van der Waals surface area contributed by atoms with E-state index in [1.807, 2.05) is 18.2 Å². The number of halogens is 1. The van der Waals surface area contributed by atoms with Crippen molar-refractivity contribution in [1.82, 2.24) is 9.88 Å². The average Bonchev–Trinajstić information content (AvgIpc) is 3.17. The molecular weight excluding hydrogens is 454 g/mol. The van der Waals surface area contributed by atoms with Crippen molar-refractivity contribution in [3.05, 3.63) is 58.4 Å². The zero-order valence-electron chi connectivity index (χ0n) is 19.2. The maximum Gasteiger partial charge on any atom is 0.290 e. The highest BCUT2D eigenvalue weighted by Crippen LogP contribution is 2.40. The number of hydrogen-bond acceptors (Lipinski definition) is 5. The second-order valence-corrected chi connectivity index (χ2v) is 9.62. The molecule has 2 aliphatic heterocycles. The standard InChI is InChI=1S/C26H28ClN3O4/c1-33-21-8-5-9-22-19(21)13-17-15-30(26(32)24(17)34-22)20(12-16-6-3-2-4-7-16)25(31)29-23-11-10-18(27)14-28-23/h5,8-11,14,16,20H,2-4,6-7,12-13,15H2,1H3,(H,28,29,31). The molecule has 1 saturated carbocycles. The van der Waals surface area contributed by atoms with E-state index < -0.39 is 6.04 Å². The van der Waals surface area contributed by atoms with Gasteiger partial charge in [0, 0.05) is 30.3 Å². The number of hydrogen-bond donors (Lipinski definition) is 1. The minimum Gasteiger partial charge on any atom is -0.496 e. The fraction of sp³-hybridized carbons (Fsp3) is 0.423. The third-order valence-electron chi connectivity index (χ3n) is 6.99. The predicted molar refractivity (Wildman–Crippen MR) is 129 cm³/mol. The van der Waals surface area contributed by atoms with Crippen LogP contribution in [0.15, 0.2) is 47.9 Å². The van der Waals surface area contributed by atoms with Crippen molar-refractivity contribution in [2.24, 2.45) is 5.92 Å². The van der Waals surface area contributed by atoms with Crippen molar-refractivity contribution in [1.29, 1.82) is 0 Å². The summed E-state index contributed by atoms with van der Waals surface area (Å²) in [5, 5.41) is 3.39. The predicted octanol–water partition coefficient (Wildman–Crippen LogP) is 4.75. The van der Waals surface area contributed by atoms with Crippen molar-refractivity contribution < 1.29 is 19.1 Å². The Balaban J connectivity index is 1.38. The second-order valence-electron chi connectivity index (χ2n) is 9.19. The van der Waals surface area contributed by atoms with Crippen LogP contribution >= 0.6 is 11.6 Å². The molecule has 1 N–H and O–H groups in total. The Labute approximate surface area is 204 Å². The molecule has 0 spiro atoms. The van der Waals surface area contributed by atoms with Gasteiger partial charge in [0.05, 0.1) is 12.1 Å². The molecule has 1 aliphatic carbocycles. The fourth-order valence-corrected chi connectivity index (χ4v) is 5.35. The molecule has 1 fully saturated rings. The molecule has 3 heterocycles. The monoisotopic (exact) mass is 481 g/mol. The summed E-state index contributed by atoms with van der Waals surface area (Å²) < 4.78 is 11.5. The first-order chi connectivity index (χ1) is 16.5. The van der Waals surface area contributed by atoms with Crippen molar-refractivity contribution in [2.75, 3.05) is 19.0 Å². The topological polar surface area (TPSA) is 80.8 Å². The minimum absolute atomic E-state index is 0.233. The van der Waals surface area contributed by atoms with Crippen molar-refractivity contribution in [2.45, 2.75) is 51.0 Å². The number of ether oxygens (including phenoxy) is 2. The molecule has 1 aromatic heterocycles. The van der Waals surface area contributed by atoms with Crippen LogP contribution < -0.4 is 14.8 Å². The Morgan fingerprint density at radius 2 is 2.09 bits per heavy atom. The Kier molecular flexibility index (Phi) is 6.46. The number of fused-ring (bicyclic) bond motifs is 1. The van der Waals surface area contributed by atoms with Crippen molar-refractivity contribution in [3.63, 3.8) is 0 Å². The number of anilines is 1. The SMILES string of the molecule is COc1cccc2c1CC1=C(O2)C(=O)N(C(CC2CCCCC2)C(=O)Nc2ccc(Cl)cn2)C1. The van der Waals surface area contributed by atoms with Gasteiger partial charge in [-0.3, -0.25) is 9.59 Å². The van der Waals surface area contributed by atoms with Gasteiger partial charge in [0.15, 0.2) is 5.76 Å². The quantitative estimate of drug-likeness (QED) is 0.643. The van der Waals surface area contributed by atoms with Crippen LogP contribution in [-0.4, -0.2) is 41.4 Å². The summed E-state index contributed by atoms with van der Waals surface area (Å²) in [6.45, 7) is 0.366. The van der Waals surface area contributed by atoms with Gasteiger partial charge in [0.25, 0.3) is 5.91 Å². The lowest BCUT2D eigenvalue weighted by atomic mass is 9.84. The van der Waals surface area contributed by atoms with Gasteiger partial charge in [0.1, 0.15) is 23.4 Å². The number of carbonyl (C=O) groups is 2. The Bertz CT molecular complexity index is 1130. The van der Waals surface area contributed by atoms with Crippen LogP contribution in [0.4, 0.5) is 5.82 Å². The van der Waals surface area contributed by atoms with Crippen LogP contribution in [0.1, 0.15) is 44.1 Å². The number of nitrogens with one attached hydrogen (secondary N) is 1. The van der Waals surface area contributed by atoms with Gasteiger partial charge in [-0.05, 0) is 36.6 Å². The average molecular weight is 482 g/mol. The van der Waals surface area contributed by atoms with Crippen LogP contribution in [0.3, 0.4) is 0 Å². The molecule has 1 unspecified atom stereocenters. The molecule has 0 saturated heterocycles. The van der Waals surface area contributed by atoms with E-state index in [1.165, 1.54) is 25.5 Å². The van der Waals surface area contributed by atoms with E-state index in [1.54, 1.807) is 24.1 Å². The van der Waals surface area contributed by atoms with E-state index >= 15 is 0 Å². The number of benzene rings is 1. The lowest BCUT2D eigenvalue weighted by Gasteiger charge is -2.31. The summed E-state index contributed by atoms with van der Waals surface area (Å²) in [7, 11) is 1.63. The van der Waals surface area contributed by atoms with E-state index in [0.29, 0.717) is 47.7 Å². The van der Waals surface area contributed by atoms with E-state index in [4.69, 9.17) is 21.1 Å². The van der Waals surface area contributed by atoms with Crippen LogP contribution in [0.25, 0.3) is 0 Å². The lowest BCUT2D eigenvalue weighted by molar-refractivity contribution is -0.135. The molecule has 34 heavy (non-hydrogen) atoms. The molecule has 3 aliphatic rings. The highest BCUT2D eigenvalue weighted by molar-refractivity contribution is 6.30. The minimum atomic E-state index is -0.604. The van der Waals surface area contributed by atoms with Gasteiger partial charge >= 0.3 is 0 Å². The smallest absolute Gasteiger partial charge is 0.290 e. The van der Waals surface area contributed by atoms with Gasteiger partial charge in [-0.25, -0.2) is 4.98 Å². The van der Waals surface area contributed by atoms with Gasteiger partial charge < -0.3 is 19.7 Å². The highest BCUT2D eigenvalue weighted by atomic mass is 35.5. The first-order valence-corrected chi connectivity index (χ1v) is 12.2. The summed E-state index contributed by atoms with van der Waals surface area (Å²) in [6, 6.07) is 8.32. The molecule has 8 heteroatoms. The van der Waals surface area contributed by atoms with Crippen LogP contribution in [0.2, 0.25) is 5.02 Å². The summed E-state index contributed by atoms with van der Waals surface area (Å²) in [5.74, 6) is 2.07. The van der Waals surface area contributed by atoms with Crippen LogP contribution in [-0.2, 0) is 16.0 Å². The summed E-state index contributed by atoms with van der Waals surface area (Å²) >= 11 is 5.94. The number of pyridine rings is 1. The normalized spacial score (nSPS) is 18.8. The molecule has 5 rings (SSSR count). The summed E-state index contributed by atoms with van der Waals surface area (Å²) in [5.41, 5.74) is 1.81. The van der Waals surface area contributed by atoms with Crippen molar-refractivity contribution in [3.8, 4) is 11.5 Å². The van der Waals surface area contributed by atoms with Gasteiger partial charge in [0.2, 0.25) is 5.91 Å². The second kappa shape index (κ2) is 9.66. The van der Waals surface area contributed by atoms with E-state index in [-0.39, 0.29) is 11.8 Å². The zero-order valence-corrected chi connectivity index (χ0v) is 19.9. The molecule has 7 nitrogen and oxygen atoms in total. The number of rotatable bonds is 6. The van der Waals surface area contributed by atoms with Crippen molar-refractivity contribution >= 4 is 29.2 Å². The summed E-state index contributed by atoms with van der Waals surface area (Å²) in [6.07, 6.45) is 8.41. The van der Waals surface area contributed by atoms with E-state index in [2.05, 4.69) is 10.3 Å². The Hall–Kier alpha value is -3.06. The third-order valence-corrected chi connectivity index (χ3v) is 7.21. The van der Waals surface area contributed by atoms with Gasteiger partial charge in [-0.2, -0.15) is 0 Å². The maximum absolute atomic E-state index is 13.5.